The lowest BCUT2D eigenvalue weighted by molar-refractivity contribution is -0.156. The van der Waals surface area contributed by atoms with Gasteiger partial charge in [0.05, 0.1) is 0 Å². The minimum absolute atomic E-state index is 0.0903. The van der Waals surface area contributed by atoms with Crippen molar-refractivity contribution in [2.24, 2.45) is 5.92 Å². The molecule has 0 spiro atoms. The topological polar surface area (TPSA) is 38.3 Å². The zero-order valence-electron chi connectivity index (χ0n) is 12.8. The molecule has 0 radical (unpaired) electrons. The van der Waals surface area contributed by atoms with E-state index in [1.165, 1.54) is 24.8 Å². The quantitative estimate of drug-likeness (QED) is 0.866. The summed E-state index contributed by atoms with van der Waals surface area (Å²) in [4.78, 5) is 12.6. The van der Waals surface area contributed by atoms with Crippen LogP contribution in [0.25, 0.3) is 0 Å². The van der Waals surface area contributed by atoms with Crippen molar-refractivity contribution in [2.75, 3.05) is 6.54 Å². The summed E-state index contributed by atoms with van der Waals surface area (Å²) in [6.07, 6.45) is 6.89. The van der Waals surface area contributed by atoms with Crippen molar-refractivity contribution >= 4 is 5.97 Å². The highest BCUT2D eigenvalue weighted by Crippen LogP contribution is 2.31. The Morgan fingerprint density at radius 2 is 2.10 bits per heavy atom. The summed E-state index contributed by atoms with van der Waals surface area (Å²) in [6, 6.07) is 7.93. The van der Waals surface area contributed by atoms with Crippen molar-refractivity contribution in [2.45, 2.75) is 57.6 Å². The van der Waals surface area contributed by atoms with Crippen LogP contribution in [-0.4, -0.2) is 18.6 Å². The molecule has 1 saturated carbocycles. The summed E-state index contributed by atoms with van der Waals surface area (Å²) in [6.45, 7) is 3.05. The van der Waals surface area contributed by atoms with Gasteiger partial charge in [-0.1, -0.05) is 37.6 Å². The van der Waals surface area contributed by atoms with Gasteiger partial charge in [-0.15, -0.1) is 0 Å². The average Bonchev–Trinajstić information content (AvgIpc) is 2.54. The lowest BCUT2D eigenvalue weighted by Crippen LogP contribution is -2.39. The van der Waals surface area contributed by atoms with Gasteiger partial charge in [-0.25, -0.2) is 4.79 Å². The van der Waals surface area contributed by atoms with Gasteiger partial charge >= 0.3 is 5.97 Å². The summed E-state index contributed by atoms with van der Waals surface area (Å²) in [5.41, 5.74) is 2.37. The van der Waals surface area contributed by atoms with Crippen LogP contribution in [0.1, 0.15) is 56.2 Å². The summed E-state index contributed by atoms with van der Waals surface area (Å²) in [7, 11) is 0. The van der Waals surface area contributed by atoms with Gasteiger partial charge in [0.1, 0.15) is 12.1 Å². The number of carbonyl (C=O) groups excluding carboxylic acids is 1. The molecule has 21 heavy (non-hydrogen) atoms. The van der Waals surface area contributed by atoms with Crippen molar-refractivity contribution in [3.63, 3.8) is 0 Å². The highest BCUT2D eigenvalue weighted by Gasteiger charge is 2.32. The normalized spacial score (nSPS) is 28.7. The van der Waals surface area contributed by atoms with Crippen LogP contribution in [0.5, 0.6) is 0 Å². The zero-order valence-corrected chi connectivity index (χ0v) is 12.8. The number of hydrogen-bond donors (Lipinski definition) is 1. The summed E-state index contributed by atoms with van der Waals surface area (Å²) in [5.74, 6) is 0.453. The van der Waals surface area contributed by atoms with Gasteiger partial charge in [0.15, 0.2) is 0 Å². The SMILES string of the molecule is CCC1CCCCC1OC(=O)C1NCCc2ccccc21. The summed E-state index contributed by atoms with van der Waals surface area (Å²) in [5, 5.41) is 3.32. The van der Waals surface area contributed by atoms with E-state index >= 15 is 0 Å². The van der Waals surface area contributed by atoms with E-state index in [9.17, 15) is 4.79 Å². The van der Waals surface area contributed by atoms with E-state index in [1.807, 2.05) is 18.2 Å². The molecule has 1 aromatic rings. The predicted octanol–water partition coefficient (Wildman–Crippen LogP) is 3.39. The smallest absolute Gasteiger partial charge is 0.328 e. The number of carbonyl (C=O) groups is 1. The van der Waals surface area contributed by atoms with E-state index in [0.717, 1.165) is 31.4 Å². The molecule has 1 aliphatic carbocycles. The number of fused-ring (bicyclic) bond motifs is 1. The molecule has 2 aliphatic rings. The first-order valence-corrected chi connectivity index (χ1v) is 8.31. The third-order valence-corrected chi connectivity index (χ3v) is 4.98. The first kappa shape index (κ1) is 14.6. The number of benzene rings is 1. The van der Waals surface area contributed by atoms with E-state index in [4.69, 9.17) is 4.74 Å². The Hall–Kier alpha value is -1.35. The molecule has 3 unspecified atom stereocenters. The van der Waals surface area contributed by atoms with Crippen molar-refractivity contribution in [1.82, 2.24) is 5.32 Å². The zero-order chi connectivity index (χ0) is 14.7. The van der Waals surface area contributed by atoms with Gasteiger partial charge < -0.3 is 10.1 Å². The first-order valence-electron chi connectivity index (χ1n) is 8.31. The number of nitrogens with one attached hydrogen (secondary N) is 1. The number of ether oxygens (including phenoxy) is 1. The maximum Gasteiger partial charge on any atom is 0.328 e. The van der Waals surface area contributed by atoms with Gasteiger partial charge in [-0.2, -0.15) is 0 Å². The molecule has 1 N–H and O–H groups in total. The minimum Gasteiger partial charge on any atom is -0.461 e. The fourth-order valence-corrected chi connectivity index (χ4v) is 3.73. The Morgan fingerprint density at radius 1 is 1.29 bits per heavy atom. The fourth-order valence-electron chi connectivity index (χ4n) is 3.73. The molecular formula is C18H25NO2. The molecule has 3 heteroatoms. The highest BCUT2D eigenvalue weighted by molar-refractivity contribution is 5.78. The minimum atomic E-state index is -0.283. The Balaban J connectivity index is 1.71. The summed E-state index contributed by atoms with van der Waals surface area (Å²) >= 11 is 0. The molecule has 3 rings (SSSR count). The van der Waals surface area contributed by atoms with Gasteiger partial charge in [-0.3, -0.25) is 0 Å². The van der Waals surface area contributed by atoms with E-state index in [1.54, 1.807) is 0 Å². The van der Waals surface area contributed by atoms with Crippen molar-refractivity contribution in [3.05, 3.63) is 35.4 Å². The largest absolute Gasteiger partial charge is 0.461 e. The number of hydrogen-bond acceptors (Lipinski definition) is 3. The first-order chi connectivity index (χ1) is 10.3. The van der Waals surface area contributed by atoms with Crippen LogP contribution in [0.15, 0.2) is 24.3 Å². The maximum absolute atomic E-state index is 12.6. The third-order valence-electron chi connectivity index (χ3n) is 4.98. The van der Waals surface area contributed by atoms with Crippen LogP contribution < -0.4 is 5.32 Å². The van der Waals surface area contributed by atoms with Crippen LogP contribution in [0.4, 0.5) is 0 Å². The Labute approximate surface area is 127 Å². The van der Waals surface area contributed by atoms with Crippen LogP contribution in [-0.2, 0) is 16.0 Å². The fraction of sp³-hybridized carbons (Fsp3) is 0.611. The van der Waals surface area contributed by atoms with E-state index < -0.39 is 0 Å². The Kier molecular flexibility index (Phi) is 4.59. The lowest BCUT2D eigenvalue weighted by atomic mass is 9.84. The van der Waals surface area contributed by atoms with Crippen molar-refractivity contribution < 1.29 is 9.53 Å². The standard InChI is InChI=1S/C18H25NO2/c1-2-13-7-4-6-10-16(13)21-18(20)17-15-9-5-3-8-14(15)11-12-19-17/h3,5,8-9,13,16-17,19H,2,4,6-7,10-12H2,1H3. The van der Waals surface area contributed by atoms with Gasteiger partial charge in [-0.05, 0) is 49.1 Å². The molecule has 1 fully saturated rings. The number of rotatable bonds is 3. The van der Waals surface area contributed by atoms with E-state index in [-0.39, 0.29) is 18.1 Å². The molecule has 1 aliphatic heterocycles. The van der Waals surface area contributed by atoms with E-state index in [2.05, 4.69) is 18.3 Å². The maximum atomic E-state index is 12.6. The molecule has 0 bridgehead atoms. The second-order valence-corrected chi connectivity index (χ2v) is 6.26. The molecule has 1 heterocycles. The average molecular weight is 287 g/mol. The second-order valence-electron chi connectivity index (χ2n) is 6.26. The molecule has 0 amide bonds. The number of esters is 1. The molecule has 3 atom stereocenters. The lowest BCUT2D eigenvalue weighted by Gasteiger charge is -2.33. The Morgan fingerprint density at radius 3 is 2.95 bits per heavy atom. The molecule has 1 aromatic carbocycles. The highest BCUT2D eigenvalue weighted by atomic mass is 16.5. The van der Waals surface area contributed by atoms with Crippen LogP contribution in [0, 0.1) is 5.92 Å². The van der Waals surface area contributed by atoms with Crippen LogP contribution >= 0.6 is 0 Å². The Bertz CT molecular complexity index is 500. The second kappa shape index (κ2) is 6.61. The predicted molar refractivity (Wildman–Crippen MR) is 83.0 cm³/mol. The van der Waals surface area contributed by atoms with Crippen LogP contribution in [0.2, 0.25) is 0 Å². The molecule has 0 saturated heterocycles. The monoisotopic (exact) mass is 287 g/mol. The molecule has 114 valence electrons. The molecular weight excluding hydrogens is 262 g/mol. The van der Waals surface area contributed by atoms with Crippen molar-refractivity contribution in [3.8, 4) is 0 Å². The van der Waals surface area contributed by atoms with E-state index in [0.29, 0.717) is 5.92 Å². The van der Waals surface area contributed by atoms with Crippen molar-refractivity contribution in [1.29, 1.82) is 0 Å². The van der Waals surface area contributed by atoms with Gasteiger partial charge in [0.25, 0.3) is 0 Å². The molecule has 3 nitrogen and oxygen atoms in total. The van der Waals surface area contributed by atoms with Gasteiger partial charge in [0.2, 0.25) is 0 Å². The summed E-state index contributed by atoms with van der Waals surface area (Å²) < 4.78 is 5.89. The van der Waals surface area contributed by atoms with Crippen LogP contribution in [0.3, 0.4) is 0 Å². The third kappa shape index (κ3) is 3.13. The van der Waals surface area contributed by atoms with Gasteiger partial charge in [0, 0.05) is 6.54 Å². The molecule has 0 aromatic heterocycles.